The molecular weight excluding hydrogens is 441 g/mol. The third-order valence-corrected chi connectivity index (χ3v) is 6.51. The molecule has 1 aromatic heterocycles. The summed E-state index contributed by atoms with van der Waals surface area (Å²) in [5.41, 5.74) is 2.45. The molecule has 5 nitrogen and oxygen atoms in total. The van der Waals surface area contributed by atoms with Gasteiger partial charge in [-0.3, -0.25) is 9.69 Å². The number of thiazole rings is 1. The van der Waals surface area contributed by atoms with Crippen molar-refractivity contribution in [2.24, 2.45) is 0 Å². The first kappa shape index (κ1) is 24.4. The summed E-state index contributed by atoms with van der Waals surface area (Å²) in [5.74, 6) is 0.588. The molecule has 0 saturated carbocycles. The van der Waals surface area contributed by atoms with Crippen molar-refractivity contribution in [1.82, 2.24) is 9.88 Å². The third kappa shape index (κ3) is 5.24. The molecule has 30 heavy (non-hydrogen) atoms. The summed E-state index contributed by atoms with van der Waals surface area (Å²) in [6, 6.07) is 11.2. The van der Waals surface area contributed by atoms with E-state index in [9.17, 15) is 4.79 Å². The van der Waals surface area contributed by atoms with Gasteiger partial charge in [-0.05, 0) is 44.3 Å². The number of hydrogen-bond donors (Lipinski definition) is 0. The van der Waals surface area contributed by atoms with Crippen molar-refractivity contribution in [2.45, 2.75) is 20.8 Å². The maximum absolute atomic E-state index is 13.4. The first-order valence-corrected chi connectivity index (χ1v) is 10.9. The van der Waals surface area contributed by atoms with E-state index in [2.05, 4.69) is 18.7 Å². The number of nitrogens with zero attached hydrogens (tertiary/aromatic N) is 3. The van der Waals surface area contributed by atoms with Crippen LogP contribution in [0.4, 0.5) is 5.13 Å². The summed E-state index contributed by atoms with van der Waals surface area (Å²) in [7, 11) is 1.61. The zero-order valence-electron chi connectivity index (χ0n) is 17.6. The van der Waals surface area contributed by atoms with Crippen molar-refractivity contribution in [2.75, 3.05) is 38.2 Å². The molecule has 0 spiro atoms. The Morgan fingerprint density at radius 2 is 1.77 bits per heavy atom. The predicted octanol–water partition coefficient (Wildman–Crippen LogP) is 5.68. The average molecular weight is 468 g/mol. The molecule has 0 aliphatic carbocycles. The minimum Gasteiger partial charge on any atom is -0.494 e. The number of halogens is 2. The van der Waals surface area contributed by atoms with Crippen molar-refractivity contribution >= 4 is 56.6 Å². The molecule has 0 fully saturated rings. The number of carbonyl (C=O) groups excluding carboxylic acids is 1. The number of carbonyl (C=O) groups is 1. The third-order valence-electron chi connectivity index (χ3n) is 4.98. The van der Waals surface area contributed by atoms with E-state index in [0.29, 0.717) is 33.5 Å². The van der Waals surface area contributed by atoms with E-state index in [1.165, 1.54) is 11.3 Å². The molecule has 0 unspecified atom stereocenters. The van der Waals surface area contributed by atoms with E-state index in [0.717, 1.165) is 29.9 Å². The van der Waals surface area contributed by atoms with Gasteiger partial charge in [-0.25, -0.2) is 4.98 Å². The normalized spacial score (nSPS) is 10.9. The summed E-state index contributed by atoms with van der Waals surface area (Å²) in [5, 5.41) is 1.24. The maximum Gasteiger partial charge on any atom is 0.260 e. The van der Waals surface area contributed by atoms with E-state index < -0.39 is 0 Å². The first-order valence-electron chi connectivity index (χ1n) is 9.72. The summed E-state index contributed by atoms with van der Waals surface area (Å²) in [4.78, 5) is 22.1. The van der Waals surface area contributed by atoms with Gasteiger partial charge in [0.25, 0.3) is 5.91 Å². The van der Waals surface area contributed by atoms with Gasteiger partial charge in [0.1, 0.15) is 11.3 Å². The van der Waals surface area contributed by atoms with Crippen LogP contribution in [0, 0.1) is 6.92 Å². The lowest BCUT2D eigenvalue weighted by atomic mass is 10.1. The van der Waals surface area contributed by atoms with Crippen molar-refractivity contribution in [1.29, 1.82) is 0 Å². The molecule has 1 heterocycles. The molecule has 162 valence electrons. The highest BCUT2D eigenvalue weighted by Gasteiger charge is 2.23. The number of anilines is 1. The van der Waals surface area contributed by atoms with Crippen molar-refractivity contribution in [3.05, 3.63) is 52.5 Å². The largest absolute Gasteiger partial charge is 0.494 e. The predicted molar refractivity (Wildman–Crippen MR) is 129 cm³/mol. The lowest BCUT2D eigenvalue weighted by Gasteiger charge is -2.24. The molecular formula is C22H27Cl2N3O2S. The summed E-state index contributed by atoms with van der Waals surface area (Å²) < 4.78 is 6.27. The highest BCUT2D eigenvalue weighted by molar-refractivity contribution is 7.23. The van der Waals surface area contributed by atoms with Gasteiger partial charge in [-0.1, -0.05) is 54.5 Å². The number of rotatable bonds is 8. The van der Waals surface area contributed by atoms with Crippen LogP contribution in [0.1, 0.15) is 29.8 Å². The van der Waals surface area contributed by atoms with Gasteiger partial charge >= 0.3 is 0 Å². The minimum atomic E-state index is -0.0636. The monoisotopic (exact) mass is 467 g/mol. The van der Waals surface area contributed by atoms with Crippen LogP contribution in [-0.2, 0) is 0 Å². The van der Waals surface area contributed by atoms with Crippen LogP contribution < -0.4 is 9.64 Å². The molecule has 3 rings (SSSR count). The van der Waals surface area contributed by atoms with Crippen LogP contribution in [-0.4, -0.2) is 49.1 Å². The van der Waals surface area contributed by atoms with Gasteiger partial charge in [-0.2, -0.15) is 0 Å². The Kier molecular flexibility index (Phi) is 8.92. The number of benzene rings is 2. The number of aromatic nitrogens is 1. The lowest BCUT2D eigenvalue weighted by molar-refractivity contribution is 0.0984. The van der Waals surface area contributed by atoms with Gasteiger partial charge < -0.3 is 9.64 Å². The van der Waals surface area contributed by atoms with Crippen molar-refractivity contribution in [3.8, 4) is 5.75 Å². The van der Waals surface area contributed by atoms with Crippen molar-refractivity contribution in [3.63, 3.8) is 0 Å². The number of methoxy groups -OCH3 is 1. The van der Waals surface area contributed by atoms with Gasteiger partial charge in [0, 0.05) is 18.7 Å². The lowest BCUT2D eigenvalue weighted by Crippen LogP contribution is -2.38. The molecule has 2 aromatic carbocycles. The number of amides is 1. The molecule has 1 amide bonds. The molecule has 8 heteroatoms. The first-order chi connectivity index (χ1) is 14.0. The van der Waals surface area contributed by atoms with Gasteiger partial charge in [0.2, 0.25) is 0 Å². The van der Waals surface area contributed by atoms with E-state index in [1.807, 2.05) is 31.2 Å². The SMILES string of the molecule is CCN(CC)CCN(C(=O)c1ccc(C)cc1)c1nc2c(OC)ccc(Cl)c2s1.Cl. The van der Waals surface area contributed by atoms with E-state index in [1.54, 1.807) is 24.1 Å². The Balaban J connectivity index is 0.00000320. The molecule has 0 N–H and O–H groups in total. The maximum atomic E-state index is 13.4. The second-order valence-electron chi connectivity index (χ2n) is 6.77. The average Bonchev–Trinajstić information content (AvgIpc) is 3.18. The zero-order valence-corrected chi connectivity index (χ0v) is 20.0. The number of ether oxygens (including phenoxy) is 1. The molecule has 0 atom stereocenters. The fourth-order valence-corrected chi connectivity index (χ4v) is 4.42. The number of hydrogen-bond acceptors (Lipinski definition) is 5. The second kappa shape index (κ2) is 11.0. The quantitative estimate of drug-likeness (QED) is 0.427. The number of fused-ring (bicyclic) bond motifs is 1. The standard InChI is InChI=1S/C22H26ClN3O2S.ClH/c1-5-25(6-2)13-14-26(21(27)16-9-7-15(3)8-10-16)22-24-19-18(28-4)12-11-17(23)20(19)29-22;/h7-12H,5-6,13-14H2,1-4H3;1H. The highest BCUT2D eigenvalue weighted by atomic mass is 35.5. The van der Waals surface area contributed by atoms with Crippen LogP contribution >= 0.6 is 35.3 Å². The molecule has 0 aliphatic heterocycles. The summed E-state index contributed by atoms with van der Waals surface area (Å²) in [6.07, 6.45) is 0. The number of likely N-dealkylation sites (N-methyl/N-ethyl adjacent to an activating group) is 1. The Bertz CT molecular complexity index is 988. The topological polar surface area (TPSA) is 45.7 Å². The van der Waals surface area contributed by atoms with Gasteiger partial charge in [0.05, 0.1) is 16.8 Å². The van der Waals surface area contributed by atoms with Crippen LogP contribution in [0.2, 0.25) is 5.02 Å². The van der Waals surface area contributed by atoms with Crippen molar-refractivity contribution < 1.29 is 9.53 Å². The second-order valence-corrected chi connectivity index (χ2v) is 8.16. The van der Waals surface area contributed by atoms with E-state index in [4.69, 9.17) is 21.3 Å². The van der Waals surface area contributed by atoms with Crippen LogP contribution in [0.5, 0.6) is 5.75 Å². The van der Waals surface area contributed by atoms with Crippen LogP contribution in [0.3, 0.4) is 0 Å². The fraction of sp³-hybridized carbons (Fsp3) is 0.364. The van der Waals surface area contributed by atoms with Gasteiger partial charge in [-0.15, -0.1) is 12.4 Å². The van der Waals surface area contributed by atoms with E-state index >= 15 is 0 Å². The molecule has 0 radical (unpaired) electrons. The fourth-order valence-electron chi connectivity index (χ4n) is 3.14. The zero-order chi connectivity index (χ0) is 21.0. The number of aryl methyl sites for hydroxylation is 1. The molecule has 3 aromatic rings. The molecule has 0 saturated heterocycles. The van der Waals surface area contributed by atoms with Crippen LogP contribution in [0.15, 0.2) is 36.4 Å². The molecule has 0 aliphatic rings. The Hall–Kier alpha value is -1.86. The smallest absolute Gasteiger partial charge is 0.260 e. The van der Waals surface area contributed by atoms with Crippen LogP contribution in [0.25, 0.3) is 10.2 Å². The molecule has 0 bridgehead atoms. The highest BCUT2D eigenvalue weighted by Crippen LogP contribution is 2.39. The minimum absolute atomic E-state index is 0. The Labute approximate surface area is 193 Å². The summed E-state index contributed by atoms with van der Waals surface area (Å²) >= 11 is 7.81. The summed E-state index contributed by atoms with van der Waals surface area (Å²) in [6.45, 7) is 9.44. The Morgan fingerprint density at radius 1 is 1.10 bits per heavy atom. The Morgan fingerprint density at radius 3 is 2.37 bits per heavy atom. The van der Waals surface area contributed by atoms with E-state index in [-0.39, 0.29) is 18.3 Å². The van der Waals surface area contributed by atoms with Gasteiger partial charge in [0.15, 0.2) is 5.13 Å².